The average Bonchev–Trinajstić information content (AvgIpc) is 2.76. The molecule has 0 unspecified atom stereocenters. The Hall–Kier alpha value is -0.633. The van der Waals surface area contributed by atoms with E-state index in [4.69, 9.17) is 13.9 Å². The minimum atomic E-state index is -2.12. The van der Waals surface area contributed by atoms with Gasteiger partial charge >= 0.3 is 6.09 Å². The van der Waals surface area contributed by atoms with E-state index < -0.39 is 25.7 Å². The smallest absolute Gasteiger partial charge is 0.412 e. The number of hydrogen-bond acceptors (Lipinski definition) is 5. The summed E-state index contributed by atoms with van der Waals surface area (Å²) in [6, 6.07) is -0.314. The molecule has 1 aliphatic heterocycles. The average molecular weight is 404 g/mol. The molecule has 0 aromatic rings. The summed E-state index contributed by atoms with van der Waals surface area (Å²) in [4.78, 5) is 14.6. The van der Waals surface area contributed by atoms with Gasteiger partial charge in [-0.1, -0.05) is 27.7 Å². The van der Waals surface area contributed by atoms with Crippen LogP contribution < -0.4 is 0 Å². The van der Waals surface area contributed by atoms with Crippen LogP contribution in [0.25, 0.3) is 0 Å². The topological polar surface area (TPSA) is 68.2 Å². The number of hydrogen-bond donors (Lipinski definition) is 1. The molecule has 0 aromatic carbocycles. The summed E-state index contributed by atoms with van der Waals surface area (Å²) in [7, 11) is -2.12. The van der Waals surface area contributed by atoms with Crippen LogP contribution in [0.5, 0.6) is 0 Å². The highest BCUT2D eigenvalue weighted by molar-refractivity contribution is 6.74. The molecule has 6 nitrogen and oxygen atoms in total. The van der Waals surface area contributed by atoms with Crippen molar-refractivity contribution in [3.8, 4) is 0 Å². The highest BCUT2D eigenvalue weighted by Crippen LogP contribution is 2.41. The molecule has 1 N–H and O–H groups in total. The number of aliphatic hydroxyl groups is 1. The summed E-state index contributed by atoms with van der Waals surface area (Å²) in [5.74, 6) is -0.133. The van der Waals surface area contributed by atoms with Crippen molar-refractivity contribution >= 4 is 14.4 Å². The van der Waals surface area contributed by atoms with Crippen LogP contribution in [0, 0.1) is 5.92 Å². The lowest BCUT2D eigenvalue weighted by Gasteiger charge is -2.45. The van der Waals surface area contributed by atoms with Crippen LogP contribution in [-0.4, -0.2) is 61.1 Å². The fourth-order valence-corrected chi connectivity index (χ4v) is 4.36. The third-order valence-corrected chi connectivity index (χ3v) is 10.0. The Bertz CT molecular complexity index is 521. The molecule has 0 aliphatic carbocycles. The van der Waals surface area contributed by atoms with Gasteiger partial charge in [-0.2, -0.15) is 0 Å². The second kappa shape index (κ2) is 8.01. The molecular formula is C20H41NO5Si. The monoisotopic (exact) mass is 403 g/mol. The second-order valence-electron chi connectivity index (χ2n) is 10.7. The van der Waals surface area contributed by atoms with Gasteiger partial charge in [0.25, 0.3) is 0 Å². The van der Waals surface area contributed by atoms with Crippen LogP contribution >= 0.6 is 0 Å². The van der Waals surface area contributed by atoms with Crippen LogP contribution in [0.4, 0.5) is 4.79 Å². The normalized spacial score (nSPS) is 23.3. The number of aliphatic hydroxyl groups excluding tert-OH is 1. The molecule has 1 fully saturated rings. The van der Waals surface area contributed by atoms with Gasteiger partial charge in [0.1, 0.15) is 11.3 Å². The van der Waals surface area contributed by atoms with Gasteiger partial charge in [0.15, 0.2) is 8.32 Å². The molecule has 160 valence electrons. The molecular weight excluding hydrogens is 362 g/mol. The Labute approximate surface area is 166 Å². The maximum Gasteiger partial charge on any atom is 0.412 e. The van der Waals surface area contributed by atoms with E-state index in [0.29, 0.717) is 6.61 Å². The molecule has 1 aliphatic rings. The zero-order valence-corrected chi connectivity index (χ0v) is 20.2. The number of ether oxygens (including phenoxy) is 2. The van der Waals surface area contributed by atoms with Crippen molar-refractivity contribution < 1.29 is 23.8 Å². The van der Waals surface area contributed by atoms with Gasteiger partial charge in [0, 0.05) is 12.5 Å². The van der Waals surface area contributed by atoms with Gasteiger partial charge in [-0.15, -0.1) is 0 Å². The summed E-state index contributed by atoms with van der Waals surface area (Å²) in [6.07, 6.45) is -0.742. The van der Waals surface area contributed by atoms with E-state index in [1.807, 2.05) is 41.5 Å². The maximum atomic E-state index is 13.0. The van der Waals surface area contributed by atoms with Crippen molar-refractivity contribution in [3.63, 3.8) is 0 Å². The molecule has 7 heteroatoms. The van der Waals surface area contributed by atoms with Gasteiger partial charge in [-0.25, -0.2) is 4.79 Å². The summed E-state index contributed by atoms with van der Waals surface area (Å²) in [5, 5.41) is 9.89. The summed E-state index contributed by atoms with van der Waals surface area (Å²) in [6.45, 7) is 22.5. The minimum absolute atomic E-state index is 0.0155. The van der Waals surface area contributed by atoms with E-state index in [-0.39, 0.29) is 29.7 Å². The first-order chi connectivity index (χ1) is 11.9. The van der Waals surface area contributed by atoms with Crippen LogP contribution in [0.2, 0.25) is 18.1 Å². The molecule has 1 saturated heterocycles. The molecule has 1 amide bonds. The second-order valence-corrected chi connectivity index (χ2v) is 15.4. The first kappa shape index (κ1) is 24.4. The van der Waals surface area contributed by atoms with Crippen LogP contribution in [0.15, 0.2) is 0 Å². The Morgan fingerprint density at radius 1 is 1.26 bits per heavy atom. The third-order valence-electron chi connectivity index (χ3n) is 5.57. The third kappa shape index (κ3) is 5.92. The number of nitrogens with zero attached hydrogens (tertiary/aromatic N) is 1. The molecule has 1 heterocycles. The number of carbonyl (C=O) groups excluding carboxylic acids is 1. The van der Waals surface area contributed by atoms with E-state index >= 15 is 0 Å². The van der Waals surface area contributed by atoms with Gasteiger partial charge < -0.3 is 19.0 Å². The molecule has 0 radical (unpaired) electrons. The van der Waals surface area contributed by atoms with Gasteiger partial charge in [-0.3, -0.25) is 4.90 Å². The zero-order chi connectivity index (χ0) is 21.4. The molecule has 3 atom stereocenters. The zero-order valence-electron chi connectivity index (χ0n) is 19.2. The van der Waals surface area contributed by atoms with E-state index in [0.717, 1.165) is 0 Å². The predicted molar refractivity (Wildman–Crippen MR) is 110 cm³/mol. The summed E-state index contributed by atoms with van der Waals surface area (Å²) in [5.41, 5.74) is -1.39. The van der Waals surface area contributed by atoms with E-state index in [1.54, 1.807) is 4.90 Å². The van der Waals surface area contributed by atoms with E-state index in [2.05, 4.69) is 33.9 Å². The van der Waals surface area contributed by atoms with Crippen molar-refractivity contribution in [1.82, 2.24) is 4.90 Å². The molecule has 0 saturated carbocycles. The SMILES string of the molecule is C[C@@H](CO)[C@H](O[Si](C)(C)C(C)(C)C)[C@H]1COC(C)(C)N1C(=O)OC(C)(C)C. The standard InChI is InChI=1S/C20H41NO5Si/c1-14(12-22)16(26-27(10,11)19(5,6)7)15-13-24-20(8,9)21(15)17(23)25-18(2,3)4/h14-16,22H,12-13H2,1-11H3/t14-,15+,16-/m0/s1. The minimum Gasteiger partial charge on any atom is -0.444 e. The van der Waals surface area contributed by atoms with Crippen molar-refractivity contribution in [1.29, 1.82) is 0 Å². The largest absolute Gasteiger partial charge is 0.444 e. The van der Waals surface area contributed by atoms with Gasteiger partial charge in [0.2, 0.25) is 0 Å². The van der Waals surface area contributed by atoms with E-state index in [1.165, 1.54) is 0 Å². The molecule has 27 heavy (non-hydrogen) atoms. The fourth-order valence-electron chi connectivity index (χ4n) is 2.94. The number of carbonyl (C=O) groups is 1. The van der Waals surface area contributed by atoms with Crippen molar-refractivity contribution in [2.45, 2.75) is 104 Å². The Kier molecular flexibility index (Phi) is 7.24. The van der Waals surface area contributed by atoms with Crippen LogP contribution in [0.1, 0.15) is 62.3 Å². The van der Waals surface area contributed by atoms with Crippen molar-refractivity contribution in [3.05, 3.63) is 0 Å². The predicted octanol–water partition coefficient (Wildman–Crippen LogP) is 4.38. The number of amides is 1. The van der Waals surface area contributed by atoms with Crippen molar-refractivity contribution in [2.75, 3.05) is 13.2 Å². The fraction of sp³-hybridized carbons (Fsp3) is 0.950. The molecule has 0 aromatic heterocycles. The maximum absolute atomic E-state index is 13.0. The van der Waals surface area contributed by atoms with Crippen molar-refractivity contribution in [2.24, 2.45) is 5.92 Å². The Balaban J connectivity index is 3.24. The summed E-state index contributed by atoms with van der Waals surface area (Å²) >= 11 is 0. The van der Waals surface area contributed by atoms with Gasteiger partial charge in [0.05, 0.1) is 18.8 Å². The molecule has 0 bridgehead atoms. The van der Waals surface area contributed by atoms with E-state index in [9.17, 15) is 9.90 Å². The van der Waals surface area contributed by atoms with Gasteiger partial charge in [-0.05, 0) is 52.8 Å². The molecule has 1 rings (SSSR count). The first-order valence-corrected chi connectivity index (χ1v) is 12.8. The van der Waals surface area contributed by atoms with Crippen LogP contribution in [0.3, 0.4) is 0 Å². The Morgan fingerprint density at radius 3 is 2.19 bits per heavy atom. The lowest BCUT2D eigenvalue weighted by molar-refractivity contribution is -0.0704. The quantitative estimate of drug-likeness (QED) is 0.690. The number of rotatable bonds is 5. The van der Waals surface area contributed by atoms with Crippen LogP contribution in [-0.2, 0) is 13.9 Å². The molecule has 0 spiro atoms. The first-order valence-electron chi connectivity index (χ1n) is 9.88. The summed E-state index contributed by atoms with van der Waals surface area (Å²) < 4.78 is 18.3. The Morgan fingerprint density at radius 2 is 1.78 bits per heavy atom. The lowest BCUT2D eigenvalue weighted by atomic mass is 9.98. The highest BCUT2D eigenvalue weighted by Gasteiger charge is 2.52. The highest BCUT2D eigenvalue weighted by atomic mass is 28.4. The lowest BCUT2D eigenvalue weighted by Crippen LogP contribution is -2.58.